The highest BCUT2D eigenvalue weighted by Gasteiger charge is 2.43. The summed E-state index contributed by atoms with van der Waals surface area (Å²) in [4.78, 5) is 12.8. The van der Waals surface area contributed by atoms with E-state index in [1.54, 1.807) is 0 Å². The first kappa shape index (κ1) is 19.8. The topological polar surface area (TPSA) is 82.6 Å². The van der Waals surface area contributed by atoms with Crippen LogP contribution in [-0.2, 0) is 39.3 Å². The van der Waals surface area contributed by atoms with Gasteiger partial charge in [0.25, 0.3) is 0 Å². The Bertz CT molecular complexity index is 973. The average molecular weight is 441 g/mol. The van der Waals surface area contributed by atoms with E-state index in [1.807, 2.05) is 0 Å². The van der Waals surface area contributed by atoms with Crippen molar-refractivity contribution in [3.8, 4) is 0 Å². The van der Waals surface area contributed by atoms with Gasteiger partial charge in [0.05, 0.1) is 12.2 Å². The molecule has 6 rings (SSSR count). The summed E-state index contributed by atoms with van der Waals surface area (Å²) in [6.45, 7) is 3.93. The van der Waals surface area contributed by atoms with Crippen LogP contribution in [0.1, 0.15) is 42.5 Å². The van der Waals surface area contributed by atoms with E-state index in [4.69, 9.17) is 19.4 Å². The van der Waals surface area contributed by atoms with Gasteiger partial charge in [-0.15, -0.1) is 0 Å². The number of piperidine rings is 1. The van der Waals surface area contributed by atoms with Crippen LogP contribution in [0.3, 0.4) is 0 Å². The van der Waals surface area contributed by atoms with E-state index < -0.39 is 11.2 Å². The normalized spacial score (nSPS) is 24.9. The number of nitrogens with one attached hydrogen (secondary N) is 1. The minimum atomic E-state index is -1.02. The lowest BCUT2D eigenvalue weighted by Gasteiger charge is -2.39. The first-order valence-electron chi connectivity index (χ1n) is 11.3. The Morgan fingerprint density at radius 2 is 1.94 bits per heavy atom. The van der Waals surface area contributed by atoms with Crippen molar-refractivity contribution in [2.75, 3.05) is 42.3 Å². The molecule has 1 unspecified atom stereocenters. The van der Waals surface area contributed by atoms with E-state index >= 15 is 0 Å². The molecule has 2 saturated heterocycles. The smallest absolute Gasteiger partial charge is 0.227 e. The van der Waals surface area contributed by atoms with Crippen LogP contribution in [0.4, 0.5) is 11.8 Å². The molecule has 0 aliphatic carbocycles. The summed E-state index contributed by atoms with van der Waals surface area (Å²) >= 11 is -1.02. The second-order valence-electron chi connectivity index (χ2n) is 8.91. The highest BCUT2D eigenvalue weighted by molar-refractivity contribution is 7.91. The summed E-state index contributed by atoms with van der Waals surface area (Å²) in [5.74, 6) is 2.17. The van der Waals surface area contributed by atoms with Crippen LogP contribution in [0, 0.1) is 0 Å². The van der Waals surface area contributed by atoms with Crippen molar-refractivity contribution in [2.45, 2.75) is 55.2 Å². The van der Waals surface area contributed by atoms with E-state index in [9.17, 15) is 4.55 Å². The molecule has 1 aromatic heterocycles. The summed E-state index contributed by atoms with van der Waals surface area (Å²) in [5, 5.41) is 3.58. The third kappa shape index (κ3) is 3.50. The zero-order valence-corrected chi connectivity index (χ0v) is 18.5. The molecular weight excluding hydrogens is 412 g/mol. The molecule has 8 heteroatoms. The molecular formula is C23H28N4O3S. The Morgan fingerprint density at radius 1 is 1.13 bits per heavy atom. The van der Waals surface area contributed by atoms with E-state index in [0.29, 0.717) is 18.4 Å². The molecule has 4 aliphatic heterocycles. The molecule has 0 bridgehead atoms. The van der Waals surface area contributed by atoms with Crippen molar-refractivity contribution in [1.82, 2.24) is 9.97 Å². The highest BCUT2D eigenvalue weighted by atomic mass is 32.2. The summed E-state index contributed by atoms with van der Waals surface area (Å²) in [7, 11) is 0. The number of fused-ring (bicyclic) bond motifs is 3. The van der Waals surface area contributed by atoms with E-state index in [0.717, 1.165) is 80.8 Å². The molecule has 31 heavy (non-hydrogen) atoms. The molecule has 4 aliphatic rings. The maximum atomic E-state index is 12.6. The largest absolute Gasteiger partial charge is 0.611 e. The van der Waals surface area contributed by atoms with Crippen LogP contribution >= 0.6 is 0 Å². The van der Waals surface area contributed by atoms with Crippen molar-refractivity contribution >= 4 is 22.9 Å². The third-order valence-electron chi connectivity index (χ3n) is 7.10. The van der Waals surface area contributed by atoms with Crippen molar-refractivity contribution in [1.29, 1.82) is 0 Å². The second-order valence-corrected chi connectivity index (χ2v) is 10.4. The predicted molar refractivity (Wildman–Crippen MR) is 119 cm³/mol. The quantitative estimate of drug-likeness (QED) is 0.735. The van der Waals surface area contributed by atoms with Crippen LogP contribution in [0.25, 0.3) is 0 Å². The van der Waals surface area contributed by atoms with Crippen LogP contribution in [0.5, 0.6) is 0 Å². The molecule has 0 saturated carbocycles. The van der Waals surface area contributed by atoms with Gasteiger partial charge >= 0.3 is 0 Å². The number of anilines is 2. The van der Waals surface area contributed by atoms with Gasteiger partial charge in [-0.05, 0) is 48.0 Å². The zero-order valence-electron chi connectivity index (χ0n) is 17.6. The maximum Gasteiger partial charge on any atom is 0.227 e. The number of aryl methyl sites for hydroxylation is 1. The van der Waals surface area contributed by atoms with E-state index in [-0.39, 0.29) is 5.60 Å². The Labute approximate surface area is 185 Å². The molecule has 164 valence electrons. The van der Waals surface area contributed by atoms with Gasteiger partial charge in [-0.3, -0.25) is 0 Å². The lowest BCUT2D eigenvalue weighted by molar-refractivity contribution is -0.0552. The molecule has 7 nitrogen and oxygen atoms in total. The molecule has 2 fully saturated rings. The van der Waals surface area contributed by atoms with E-state index in [2.05, 4.69) is 34.5 Å². The zero-order chi connectivity index (χ0) is 20.8. The summed E-state index contributed by atoms with van der Waals surface area (Å²) in [6, 6.07) is 8.90. The van der Waals surface area contributed by atoms with Crippen molar-refractivity contribution < 1.29 is 14.0 Å². The van der Waals surface area contributed by atoms with E-state index in [1.165, 1.54) is 11.1 Å². The van der Waals surface area contributed by atoms with Gasteiger partial charge in [0.2, 0.25) is 10.8 Å². The first-order valence-corrected chi connectivity index (χ1v) is 12.6. The molecule has 2 aromatic rings. The molecule has 1 N–H and O–H groups in total. The Hall–Kier alpha value is -1.87. The van der Waals surface area contributed by atoms with Gasteiger partial charge in [-0.1, -0.05) is 24.3 Å². The minimum Gasteiger partial charge on any atom is -0.611 e. The Balaban J connectivity index is 1.25. The fourth-order valence-corrected chi connectivity index (χ4v) is 6.64. The fraction of sp³-hybridized carbons (Fsp3) is 0.565. The van der Waals surface area contributed by atoms with Crippen LogP contribution in [0.2, 0.25) is 0 Å². The van der Waals surface area contributed by atoms with Gasteiger partial charge < -0.3 is 24.2 Å². The highest BCUT2D eigenvalue weighted by Crippen LogP contribution is 2.44. The number of hydrogen-bond acceptors (Lipinski definition) is 7. The van der Waals surface area contributed by atoms with Crippen LogP contribution in [0.15, 0.2) is 29.2 Å². The summed E-state index contributed by atoms with van der Waals surface area (Å²) in [5.41, 5.74) is 3.44. The summed E-state index contributed by atoms with van der Waals surface area (Å²) in [6.07, 6.45) is 4.51. The average Bonchev–Trinajstić information content (AvgIpc) is 3.36. The SMILES string of the molecule is [O-][S+]1CCc2nc(N3CCC4(CC3)OCc3ccccc34)nc(NC3CCOCC3)c21. The van der Waals surface area contributed by atoms with Crippen molar-refractivity contribution in [3.05, 3.63) is 41.1 Å². The lowest BCUT2D eigenvalue weighted by atomic mass is 9.84. The number of hydrogen-bond donors (Lipinski definition) is 1. The standard InChI is InChI=1S/C23H28N4O3S/c28-31-14-7-19-20(31)21(24-17-5-12-29-13-6-17)26-22(25-19)27-10-8-23(9-11-27)18-4-2-1-3-16(18)15-30-23/h1-4,17H,5-15H2,(H,24,25,26). The van der Waals surface area contributed by atoms with Gasteiger partial charge in [0.1, 0.15) is 11.4 Å². The molecule has 1 spiro atoms. The third-order valence-corrected chi connectivity index (χ3v) is 8.56. The number of benzene rings is 1. The van der Waals surface area contributed by atoms with Gasteiger partial charge in [-0.25, -0.2) is 4.98 Å². The second kappa shape index (κ2) is 7.92. The van der Waals surface area contributed by atoms with Gasteiger partial charge in [0, 0.05) is 38.8 Å². The van der Waals surface area contributed by atoms with Crippen LogP contribution < -0.4 is 10.2 Å². The monoisotopic (exact) mass is 440 g/mol. The summed E-state index contributed by atoms with van der Waals surface area (Å²) < 4.78 is 24.4. The van der Waals surface area contributed by atoms with Crippen molar-refractivity contribution in [2.24, 2.45) is 0 Å². The van der Waals surface area contributed by atoms with Gasteiger partial charge in [0.15, 0.2) is 5.82 Å². The lowest BCUT2D eigenvalue weighted by Crippen LogP contribution is -2.43. The Kier molecular flexibility index (Phi) is 5.06. The molecule has 1 atom stereocenters. The molecule has 0 amide bonds. The molecule has 0 radical (unpaired) electrons. The number of nitrogens with zero attached hydrogens (tertiary/aromatic N) is 3. The van der Waals surface area contributed by atoms with Gasteiger partial charge in [-0.2, -0.15) is 4.98 Å². The number of rotatable bonds is 3. The van der Waals surface area contributed by atoms with Crippen LogP contribution in [-0.4, -0.2) is 52.6 Å². The first-order chi connectivity index (χ1) is 15.2. The molecule has 1 aromatic carbocycles. The molecule has 5 heterocycles. The number of aromatic nitrogens is 2. The predicted octanol–water partition coefficient (Wildman–Crippen LogP) is 2.76. The Morgan fingerprint density at radius 3 is 2.77 bits per heavy atom. The number of ether oxygens (including phenoxy) is 2. The van der Waals surface area contributed by atoms with Crippen molar-refractivity contribution in [3.63, 3.8) is 0 Å². The fourth-order valence-electron chi connectivity index (χ4n) is 5.32. The maximum absolute atomic E-state index is 12.6. The minimum absolute atomic E-state index is 0.172.